The van der Waals surface area contributed by atoms with Crippen LogP contribution in [0.2, 0.25) is 0 Å². The molecule has 3 aliphatic rings. The highest BCUT2D eigenvalue weighted by Gasteiger charge is 2.60. The van der Waals surface area contributed by atoms with Crippen LogP contribution in [0.3, 0.4) is 0 Å². The van der Waals surface area contributed by atoms with Crippen molar-refractivity contribution < 1.29 is 14.3 Å². The average Bonchev–Trinajstić information content (AvgIpc) is 2.07. The number of hydrogen-bond donors (Lipinski definition) is 0. The lowest BCUT2D eigenvalue weighted by molar-refractivity contribution is -0.302. The zero-order valence-corrected chi connectivity index (χ0v) is 9.21. The van der Waals surface area contributed by atoms with Gasteiger partial charge >= 0.3 is 5.97 Å². The molecule has 0 unspecified atom stereocenters. The highest BCUT2D eigenvalue weighted by Crippen LogP contribution is 2.54. The van der Waals surface area contributed by atoms with Gasteiger partial charge in [0.25, 0.3) is 0 Å². The number of hydrogen-bond acceptors (Lipinski definition) is 3. The highest BCUT2D eigenvalue weighted by atomic mass is 16.7. The molecule has 0 N–H and O–H groups in total. The minimum atomic E-state index is -0.759. The average molecular weight is 208 g/mol. The molecule has 2 fully saturated rings. The van der Waals surface area contributed by atoms with Crippen LogP contribution in [0.15, 0.2) is 11.6 Å². The van der Waals surface area contributed by atoms with Crippen LogP contribution < -0.4 is 0 Å². The van der Waals surface area contributed by atoms with Gasteiger partial charge in [-0.05, 0) is 31.3 Å². The van der Waals surface area contributed by atoms with Crippen molar-refractivity contribution in [3.8, 4) is 0 Å². The summed E-state index contributed by atoms with van der Waals surface area (Å²) in [7, 11) is 0. The molecule has 0 aromatic carbocycles. The fourth-order valence-electron chi connectivity index (χ4n) is 3.10. The number of esters is 1. The Balaban J connectivity index is 1.99. The molecule has 0 aromatic rings. The van der Waals surface area contributed by atoms with Crippen molar-refractivity contribution in [1.29, 1.82) is 0 Å². The summed E-state index contributed by atoms with van der Waals surface area (Å²) in [4.78, 5) is 11.8. The molecule has 1 saturated carbocycles. The van der Waals surface area contributed by atoms with Gasteiger partial charge in [0, 0.05) is 13.8 Å². The molecule has 0 amide bonds. The second-order valence-corrected chi connectivity index (χ2v) is 5.19. The van der Waals surface area contributed by atoms with E-state index in [1.807, 2.05) is 19.9 Å². The Labute approximate surface area is 89.4 Å². The summed E-state index contributed by atoms with van der Waals surface area (Å²) in [6.07, 6.45) is 6.47. The second-order valence-electron chi connectivity index (χ2n) is 5.19. The van der Waals surface area contributed by atoms with Gasteiger partial charge in [0.1, 0.15) is 11.5 Å². The van der Waals surface area contributed by atoms with E-state index in [9.17, 15) is 4.79 Å². The van der Waals surface area contributed by atoms with E-state index in [4.69, 9.17) is 9.47 Å². The topological polar surface area (TPSA) is 35.5 Å². The third kappa shape index (κ3) is 1.13. The molecule has 1 aliphatic heterocycles. The minimum Gasteiger partial charge on any atom is -0.433 e. The normalized spacial score (nSPS) is 41.9. The highest BCUT2D eigenvalue weighted by molar-refractivity contribution is 5.81. The van der Waals surface area contributed by atoms with Crippen LogP contribution in [0.1, 0.15) is 39.5 Å². The summed E-state index contributed by atoms with van der Waals surface area (Å²) in [5, 5.41) is 0. The van der Waals surface area contributed by atoms with E-state index >= 15 is 0 Å². The Bertz CT molecular complexity index is 356. The number of cyclic esters (lactones) is 1. The molecule has 1 heterocycles. The summed E-state index contributed by atoms with van der Waals surface area (Å²) in [5.74, 6) is -1.01. The molecule has 2 aliphatic carbocycles. The Morgan fingerprint density at radius 3 is 2.93 bits per heavy atom. The monoisotopic (exact) mass is 208 g/mol. The van der Waals surface area contributed by atoms with Gasteiger partial charge in [-0.1, -0.05) is 6.08 Å². The van der Waals surface area contributed by atoms with Gasteiger partial charge in [0.05, 0.1) is 0 Å². The Morgan fingerprint density at radius 2 is 2.20 bits per heavy atom. The predicted octanol–water partition coefficient (Wildman–Crippen LogP) is 2.16. The molecule has 3 heteroatoms. The summed E-state index contributed by atoms with van der Waals surface area (Å²) in [6, 6.07) is 0. The van der Waals surface area contributed by atoms with Crippen LogP contribution in [-0.2, 0) is 14.3 Å². The first-order valence-electron chi connectivity index (χ1n) is 5.68. The van der Waals surface area contributed by atoms with Gasteiger partial charge in [-0.15, -0.1) is 0 Å². The summed E-state index contributed by atoms with van der Waals surface area (Å²) >= 11 is 0. The van der Waals surface area contributed by atoms with Gasteiger partial charge < -0.3 is 9.47 Å². The Kier molecular flexibility index (Phi) is 1.66. The first kappa shape index (κ1) is 9.40. The van der Waals surface area contributed by atoms with E-state index < -0.39 is 5.79 Å². The van der Waals surface area contributed by atoms with Crippen molar-refractivity contribution >= 4 is 5.97 Å². The molecule has 0 radical (unpaired) electrons. The zero-order chi connectivity index (χ0) is 10.7. The molecular weight excluding hydrogens is 192 g/mol. The molecule has 0 bridgehead atoms. The first-order valence-corrected chi connectivity index (χ1v) is 5.68. The van der Waals surface area contributed by atoms with Gasteiger partial charge in [-0.2, -0.15) is 0 Å². The molecule has 1 saturated heterocycles. The van der Waals surface area contributed by atoms with Gasteiger partial charge in [0.2, 0.25) is 5.79 Å². The maximum absolute atomic E-state index is 11.8. The summed E-state index contributed by atoms with van der Waals surface area (Å²) in [6.45, 7) is 3.64. The van der Waals surface area contributed by atoms with Crippen molar-refractivity contribution in [1.82, 2.24) is 0 Å². The van der Waals surface area contributed by atoms with Gasteiger partial charge in [-0.25, -0.2) is 0 Å². The van der Waals surface area contributed by atoms with Crippen LogP contribution in [-0.4, -0.2) is 17.4 Å². The molecule has 2 atom stereocenters. The van der Waals surface area contributed by atoms with Crippen molar-refractivity contribution in [2.75, 3.05) is 0 Å². The molecule has 0 aromatic heterocycles. The fourth-order valence-corrected chi connectivity index (χ4v) is 3.10. The van der Waals surface area contributed by atoms with Crippen LogP contribution >= 0.6 is 0 Å². The van der Waals surface area contributed by atoms with Crippen LogP contribution in [0.25, 0.3) is 0 Å². The first-order chi connectivity index (χ1) is 7.04. The molecule has 1 spiro atoms. The number of carbonyl (C=O) groups excluding carboxylic acids is 1. The Hall–Kier alpha value is -0.830. The molecule has 82 valence electrons. The van der Waals surface area contributed by atoms with Crippen LogP contribution in [0.5, 0.6) is 0 Å². The maximum atomic E-state index is 11.8. The van der Waals surface area contributed by atoms with E-state index in [0.29, 0.717) is 0 Å². The smallest absolute Gasteiger partial charge is 0.318 e. The second kappa shape index (κ2) is 2.64. The predicted molar refractivity (Wildman–Crippen MR) is 54.0 cm³/mol. The molecule has 3 nitrogen and oxygen atoms in total. The summed E-state index contributed by atoms with van der Waals surface area (Å²) < 4.78 is 11.3. The van der Waals surface area contributed by atoms with E-state index in [-0.39, 0.29) is 17.5 Å². The quantitative estimate of drug-likeness (QED) is 0.452. The molecular formula is C12H16O3. The molecule has 3 rings (SSSR count). The fraction of sp³-hybridized carbons (Fsp3) is 0.750. The SMILES string of the molecule is CC1(C)OC(=O)[C@H]2C=C3CCCC[C@@]32O1. The lowest BCUT2D eigenvalue weighted by atomic mass is 9.62. The number of rotatable bonds is 0. The van der Waals surface area contributed by atoms with Gasteiger partial charge in [0.15, 0.2) is 0 Å². The van der Waals surface area contributed by atoms with E-state index in [2.05, 4.69) is 0 Å². The molecule has 15 heavy (non-hydrogen) atoms. The lowest BCUT2D eigenvalue weighted by Crippen LogP contribution is -2.62. The third-order valence-electron chi connectivity index (χ3n) is 3.69. The van der Waals surface area contributed by atoms with E-state index in [1.54, 1.807) is 0 Å². The van der Waals surface area contributed by atoms with E-state index in [0.717, 1.165) is 19.3 Å². The van der Waals surface area contributed by atoms with Crippen molar-refractivity contribution in [3.63, 3.8) is 0 Å². The van der Waals surface area contributed by atoms with E-state index in [1.165, 1.54) is 12.0 Å². The van der Waals surface area contributed by atoms with Crippen molar-refractivity contribution in [2.24, 2.45) is 5.92 Å². The lowest BCUT2D eigenvalue weighted by Gasteiger charge is -2.56. The largest absolute Gasteiger partial charge is 0.433 e. The van der Waals surface area contributed by atoms with Crippen molar-refractivity contribution in [2.45, 2.75) is 50.9 Å². The zero-order valence-electron chi connectivity index (χ0n) is 9.21. The van der Waals surface area contributed by atoms with Crippen molar-refractivity contribution in [3.05, 3.63) is 11.6 Å². The standard InChI is InChI=1S/C12H16O3/c1-11(2)14-10(13)9-7-8-5-3-4-6-12(8,9)15-11/h7,9H,3-6H2,1-2H3/t9-,12-/m1/s1. The summed E-state index contributed by atoms with van der Waals surface area (Å²) in [5.41, 5.74) is 1.03. The number of carbonyl (C=O) groups is 1. The number of ether oxygens (including phenoxy) is 2. The Morgan fingerprint density at radius 1 is 1.40 bits per heavy atom. The van der Waals surface area contributed by atoms with Crippen LogP contribution in [0.4, 0.5) is 0 Å². The van der Waals surface area contributed by atoms with Gasteiger partial charge in [-0.3, -0.25) is 4.79 Å². The third-order valence-corrected chi connectivity index (χ3v) is 3.69. The maximum Gasteiger partial charge on any atom is 0.318 e. The minimum absolute atomic E-state index is 0.114. The van der Waals surface area contributed by atoms with Crippen LogP contribution in [0, 0.1) is 5.92 Å².